The molecule has 1 fully saturated rings. The maximum Gasteiger partial charge on any atom is 0.331 e. The molecule has 0 spiro atoms. The molecule has 1 saturated heterocycles. The molecule has 1 atom stereocenters. The van der Waals surface area contributed by atoms with Crippen LogP contribution in [-0.2, 0) is 9.59 Å². The summed E-state index contributed by atoms with van der Waals surface area (Å²) in [6.07, 6.45) is 4.91. The van der Waals surface area contributed by atoms with Crippen molar-refractivity contribution >= 4 is 17.9 Å². The van der Waals surface area contributed by atoms with Gasteiger partial charge in [0.05, 0.1) is 0 Å². The molecule has 0 aromatic carbocycles. The second-order valence-electron chi connectivity index (χ2n) is 5.42. The van der Waals surface area contributed by atoms with Gasteiger partial charge in [0, 0.05) is 23.7 Å². The van der Waals surface area contributed by atoms with E-state index in [4.69, 9.17) is 5.11 Å². The van der Waals surface area contributed by atoms with Crippen LogP contribution in [0.5, 0.6) is 0 Å². The molecule has 0 aromatic rings. The summed E-state index contributed by atoms with van der Waals surface area (Å²) in [6, 6.07) is -0.281. The molecule has 2 N–H and O–H groups in total. The Morgan fingerprint density at radius 1 is 1.14 bits per heavy atom. The van der Waals surface area contributed by atoms with Gasteiger partial charge < -0.3 is 10.0 Å². The van der Waals surface area contributed by atoms with Gasteiger partial charge in [0.25, 0.3) is 5.91 Å². The molecule has 0 aliphatic carbocycles. The van der Waals surface area contributed by atoms with Crippen LogP contribution in [0.4, 0.5) is 4.79 Å². The fourth-order valence-electron chi connectivity index (χ4n) is 2.46. The Morgan fingerprint density at radius 2 is 1.81 bits per heavy atom. The number of rotatable bonds is 3. The van der Waals surface area contributed by atoms with Gasteiger partial charge in [0.15, 0.2) is 0 Å². The first-order valence-corrected chi connectivity index (χ1v) is 7.41. The molecule has 1 aliphatic rings. The van der Waals surface area contributed by atoms with E-state index in [0.29, 0.717) is 6.54 Å². The van der Waals surface area contributed by atoms with E-state index in [1.165, 1.54) is 13.8 Å². The van der Waals surface area contributed by atoms with Crippen LogP contribution in [0.1, 0.15) is 52.9 Å². The smallest absolute Gasteiger partial charge is 0.331 e. The normalized spacial score (nSPS) is 20.3. The maximum absolute atomic E-state index is 12.3. The van der Waals surface area contributed by atoms with Crippen LogP contribution in [0.2, 0.25) is 0 Å². The topological polar surface area (TPSA) is 86.7 Å². The van der Waals surface area contributed by atoms with Crippen LogP contribution >= 0.6 is 0 Å². The molecular weight excluding hydrogens is 272 g/mol. The van der Waals surface area contributed by atoms with Crippen LogP contribution in [0.3, 0.4) is 0 Å². The summed E-state index contributed by atoms with van der Waals surface area (Å²) in [7, 11) is 0. The van der Waals surface area contributed by atoms with Crippen LogP contribution in [0.25, 0.3) is 0 Å². The molecule has 0 bridgehead atoms. The Labute approximate surface area is 125 Å². The number of nitrogens with zero attached hydrogens (tertiary/aromatic N) is 1. The van der Waals surface area contributed by atoms with Gasteiger partial charge in [-0.15, -0.1) is 0 Å². The summed E-state index contributed by atoms with van der Waals surface area (Å²) in [5, 5.41) is 11.2. The highest BCUT2D eigenvalue weighted by Gasteiger charge is 2.26. The minimum atomic E-state index is -1.16. The average Bonchev–Trinajstić information content (AvgIpc) is 2.70. The number of aliphatic carboxylic acids is 1. The molecule has 1 heterocycles. The summed E-state index contributed by atoms with van der Waals surface area (Å²) in [5.74, 6) is -1.80. The summed E-state index contributed by atoms with van der Waals surface area (Å²) in [5.41, 5.74) is 0.00179. The molecule has 118 valence electrons. The Balaban J connectivity index is 2.77. The number of carbonyl (C=O) groups excluding carboxylic acids is 2. The predicted octanol–water partition coefficient (Wildman–Crippen LogP) is 2.30. The molecule has 1 aliphatic heterocycles. The lowest BCUT2D eigenvalue weighted by Gasteiger charge is -2.29. The molecule has 0 saturated carbocycles. The number of nitrogens with one attached hydrogen (secondary N) is 1. The van der Waals surface area contributed by atoms with Crippen molar-refractivity contribution in [1.29, 1.82) is 0 Å². The second kappa shape index (κ2) is 7.81. The van der Waals surface area contributed by atoms with Crippen molar-refractivity contribution in [2.45, 2.75) is 58.9 Å². The summed E-state index contributed by atoms with van der Waals surface area (Å²) in [6.45, 7) is 5.42. The van der Waals surface area contributed by atoms with Crippen molar-refractivity contribution in [1.82, 2.24) is 10.2 Å². The lowest BCUT2D eigenvalue weighted by Crippen LogP contribution is -2.48. The molecule has 0 aromatic heterocycles. The van der Waals surface area contributed by atoms with Crippen molar-refractivity contribution in [3.05, 3.63) is 11.1 Å². The van der Waals surface area contributed by atoms with Gasteiger partial charge in [-0.2, -0.15) is 0 Å². The largest absolute Gasteiger partial charge is 0.478 e. The van der Waals surface area contributed by atoms with E-state index in [1.807, 2.05) is 6.92 Å². The molecule has 21 heavy (non-hydrogen) atoms. The van der Waals surface area contributed by atoms with Gasteiger partial charge in [-0.1, -0.05) is 19.8 Å². The van der Waals surface area contributed by atoms with Crippen LogP contribution in [0.15, 0.2) is 11.1 Å². The molecular formula is C15H24N2O4. The van der Waals surface area contributed by atoms with Gasteiger partial charge in [-0.3, -0.25) is 10.1 Å². The first-order valence-electron chi connectivity index (χ1n) is 7.41. The average molecular weight is 296 g/mol. The third-order valence-electron chi connectivity index (χ3n) is 4.05. The Bertz CT molecular complexity index is 457. The Morgan fingerprint density at radius 3 is 2.38 bits per heavy atom. The predicted molar refractivity (Wildman–Crippen MR) is 78.8 cm³/mol. The zero-order valence-corrected chi connectivity index (χ0v) is 12.9. The number of hydrogen-bond donors (Lipinski definition) is 2. The Hall–Kier alpha value is -1.85. The summed E-state index contributed by atoms with van der Waals surface area (Å²) >= 11 is 0. The molecule has 1 rings (SSSR count). The van der Waals surface area contributed by atoms with Crippen molar-refractivity contribution in [2.75, 3.05) is 6.54 Å². The number of amides is 3. The van der Waals surface area contributed by atoms with Gasteiger partial charge in [-0.25, -0.2) is 9.59 Å². The standard InChI is InChI=1S/C15H24N2O4/c1-4-12-8-6-5-7-9-17(12)15(21)16-13(18)10(2)11(3)14(19)20/h12H,4-9H2,1-3H3,(H,19,20)(H,16,18,21). The van der Waals surface area contributed by atoms with E-state index in [2.05, 4.69) is 5.32 Å². The lowest BCUT2D eigenvalue weighted by atomic mass is 10.1. The number of urea groups is 1. The molecule has 0 radical (unpaired) electrons. The highest BCUT2D eigenvalue weighted by molar-refractivity contribution is 6.07. The number of likely N-dealkylation sites (tertiary alicyclic amines) is 1. The summed E-state index contributed by atoms with van der Waals surface area (Å²) in [4.78, 5) is 36.7. The van der Waals surface area contributed by atoms with E-state index >= 15 is 0 Å². The summed E-state index contributed by atoms with van der Waals surface area (Å²) < 4.78 is 0. The van der Waals surface area contributed by atoms with Crippen LogP contribution in [0, 0.1) is 0 Å². The third-order valence-corrected chi connectivity index (χ3v) is 4.05. The number of imide groups is 1. The highest BCUT2D eigenvalue weighted by atomic mass is 16.4. The monoisotopic (exact) mass is 296 g/mol. The maximum atomic E-state index is 12.3. The fraction of sp³-hybridized carbons (Fsp3) is 0.667. The van der Waals surface area contributed by atoms with Crippen molar-refractivity contribution in [3.63, 3.8) is 0 Å². The van der Waals surface area contributed by atoms with E-state index in [0.717, 1.165) is 32.1 Å². The van der Waals surface area contributed by atoms with E-state index in [-0.39, 0.29) is 17.2 Å². The third kappa shape index (κ3) is 4.58. The molecule has 3 amide bonds. The lowest BCUT2D eigenvalue weighted by molar-refractivity contribution is -0.133. The molecule has 6 heteroatoms. The van der Waals surface area contributed by atoms with Crippen molar-refractivity contribution < 1.29 is 19.5 Å². The van der Waals surface area contributed by atoms with E-state index in [1.54, 1.807) is 4.90 Å². The minimum absolute atomic E-state index is 0.0526. The molecule has 1 unspecified atom stereocenters. The van der Waals surface area contributed by atoms with Gasteiger partial charge in [0.1, 0.15) is 0 Å². The van der Waals surface area contributed by atoms with E-state index in [9.17, 15) is 14.4 Å². The second-order valence-corrected chi connectivity index (χ2v) is 5.42. The van der Waals surface area contributed by atoms with Gasteiger partial charge in [-0.05, 0) is 33.1 Å². The van der Waals surface area contributed by atoms with Crippen LogP contribution < -0.4 is 5.32 Å². The van der Waals surface area contributed by atoms with Gasteiger partial charge in [0.2, 0.25) is 0 Å². The van der Waals surface area contributed by atoms with Gasteiger partial charge >= 0.3 is 12.0 Å². The van der Waals surface area contributed by atoms with E-state index < -0.39 is 17.9 Å². The number of carbonyl (C=O) groups is 3. The SMILES string of the molecule is CCC1CCCCCN1C(=O)NC(=O)C(C)=C(C)C(=O)O. The van der Waals surface area contributed by atoms with Crippen molar-refractivity contribution in [2.24, 2.45) is 0 Å². The first-order chi connectivity index (χ1) is 9.88. The zero-order chi connectivity index (χ0) is 16.0. The quantitative estimate of drug-likeness (QED) is 0.782. The fourth-order valence-corrected chi connectivity index (χ4v) is 2.46. The minimum Gasteiger partial charge on any atom is -0.478 e. The highest BCUT2D eigenvalue weighted by Crippen LogP contribution is 2.19. The Kier molecular flexibility index (Phi) is 6.39. The number of hydrogen-bond acceptors (Lipinski definition) is 3. The van der Waals surface area contributed by atoms with Crippen molar-refractivity contribution in [3.8, 4) is 0 Å². The molecule has 6 nitrogen and oxygen atoms in total. The zero-order valence-electron chi connectivity index (χ0n) is 12.9. The van der Waals surface area contributed by atoms with Crippen LogP contribution in [-0.4, -0.2) is 40.5 Å². The first kappa shape index (κ1) is 17.2. The number of carboxylic acid groups (broad SMARTS) is 1. The number of carboxylic acids is 1.